The Morgan fingerprint density at radius 1 is 1.27 bits per heavy atom. The molecule has 0 radical (unpaired) electrons. The van der Waals surface area contributed by atoms with E-state index in [-0.39, 0.29) is 0 Å². The Balaban J connectivity index is 1.61. The third kappa shape index (κ3) is 3.50. The molecule has 0 saturated carbocycles. The Bertz CT molecular complexity index is 629. The molecule has 1 aromatic carbocycles. The highest BCUT2D eigenvalue weighted by atomic mass is 79.9. The first-order valence-electron chi connectivity index (χ1n) is 7.74. The zero-order chi connectivity index (χ0) is 15.5. The largest absolute Gasteiger partial charge is 0.370 e. The number of halogens is 1. The predicted octanol–water partition coefficient (Wildman–Crippen LogP) is 3.86. The maximum Gasteiger partial charge on any atom is 0.0397 e. The normalized spacial score (nSPS) is 18.2. The van der Waals surface area contributed by atoms with Crippen LogP contribution in [0.25, 0.3) is 0 Å². The van der Waals surface area contributed by atoms with Crippen LogP contribution in [0.5, 0.6) is 0 Å². The monoisotopic (exact) mass is 359 g/mol. The van der Waals surface area contributed by atoms with E-state index in [9.17, 15) is 0 Å². The van der Waals surface area contributed by atoms with Crippen molar-refractivity contribution in [3.8, 4) is 0 Å². The maximum atomic E-state index is 4.10. The second kappa shape index (κ2) is 6.80. The SMILES string of the molecule is Cc1cc(CN(C)C2CCN(c3ccncc3)C2)ccc1Br. The van der Waals surface area contributed by atoms with Crippen LogP contribution in [-0.4, -0.2) is 36.1 Å². The van der Waals surface area contributed by atoms with Gasteiger partial charge >= 0.3 is 0 Å². The van der Waals surface area contributed by atoms with Crippen molar-refractivity contribution in [2.24, 2.45) is 0 Å². The van der Waals surface area contributed by atoms with Gasteiger partial charge in [-0.3, -0.25) is 9.88 Å². The number of nitrogens with zero attached hydrogens (tertiary/aromatic N) is 3. The minimum Gasteiger partial charge on any atom is -0.370 e. The number of hydrogen-bond acceptors (Lipinski definition) is 3. The molecule has 1 atom stereocenters. The number of aryl methyl sites for hydroxylation is 1. The van der Waals surface area contributed by atoms with E-state index in [1.54, 1.807) is 0 Å². The van der Waals surface area contributed by atoms with Gasteiger partial charge < -0.3 is 4.90 Å². The molecule has 1 fully saturated rings. The van der Waals surface area contributed by atoms with Crippen LogP contribution in [-0.2, 0) is 6.54 Å². The lowest BCUT2D eigenvalue weighted by Crippen LogP contribution is -2.34. The van der Waals surface area contributed by atoms with Crippen molar-refractivity contribution >= 4 is 21.6 Å². The Morgan fingerprint density at radius 2 is 2.05 bits per heavy atom. The first kappa shape index (κ1) is 15.5. The van der Waals surface area contributed by atoms with Gasteiger partial charge in [0.25, 0.3) is 0 Å². The van der Waals surface area contributed by atoms with Crippen LogP contribution in [0.1, 0.15) is 17.5 Å². The van der Waals surface area contributed by atoms with E-state index >= 15 is 0 Å². The maximum absolute atomic E-state index is 4.10. The average Bonchev–Trinajstić information content (AvgIpc) is 3.02. The fraction of sp³-hybridized carbons (Fsp3) is 0.389. The Labute approximate surface area is 141 Å². The van der Waals surface area contributed by atoms with Gasteiger partial charge in [-0.1, -0.05) is 28.1 Å². The van der Waals surface area contributed by atoms with Crippen molar-refractivity contribution in [1.82, 2.24) is 9.88 Å². The lowest BCUT2D eigenvalue weighted by atomic mass is 10.1. The van der Waals surface area contributed by atoms with E-state index in [1.807, 2.05) is 12.4 Å². The lowest BCUT2D eigenvalue weighted by Gasteiger charge is -2.25. The van der Waals surface area contributed by atoms with E-state index in [0.717, 1.165) is 19.6 Å². The lowest BCUT2D eigenvalue weighted by molar-refractivity contribution is 0.250. The molecule has 2 aromatic rings. The molecule has 2 heterocycles. The highest BCUT2D eigenvalue weighted by Crippen LogP contribution is 2.23. The van der Waals surface area contributed by atoms with Crippen molar-refractivity contribution in [3.05, 3.63) is 58.3 Å². The van der Waals surface area contributed by atoms with Gasteiger partial charge in [0.2, 0.25) is 0 Å². The number of aromatic nitrogens is 1. The summed E-state index contributed by atoms with van der Waals surface area (Å²) in [7, 11) is 2.23. The van der Waals surface area contributed by atoms with E-state index < -0.39 is 0 Å². The van der Waals surface area contributed by atoms with E-state index in [1.165, 1.54) is 27.7 Å². The summed E-state index contributed by atoms with van der Waals surface area (Å²) in [5.41, 5.74) is 3.96. The number of pyridine rings is 1. The summed E-state index contributed by atoms with van der Waals surface area (Å²) in [5.74, 6) is 0. The van der Waals surface area contributed by atoms with Gasteiger partial charge in [-0.05, 0) is 49.7 Å². The molecular formula is C18H22BrN3. The molecule has 1 aromatic heterocycles. The predicted molar refractivity (Wildman–Crippen MR) is 95.2 cm³/mol. The third-order valence-corrected chi connectivity index (χ3v) is 5.36. The average molecular weight is 360 g/mol. The second-order valence-electron chi connectivity index (χ2n) is 6.09. The smallest absolute Gasteiger partial charge is 0.0397 e. The summed E-state index contributed by atoms with van der Waals surface area (Å²) in [6, 6.07) is 11.4. The van der Waals surface area contributed by atoms with Gasteiger partial charge in [0.1, 0.15) is 0 Å². The number of benzene rings is 1. The van der Waals surface area contributed by atoms with Crippen LogP contribution in [0.2, 0.25) is 0 Å². The van der Waals surface area contributed by atoms with Crippen LogP contribution >= 0.6 is 15.9 Å². The molecule has 1 saturated heterocycles. The Hall–Kier alpha value is -1.39. The molecule has 3 nitrogen and oxygen atoms in total. The molecule has 0 amide bonds. The molecule has 4 heteroatoms. The number of hydrogen-bond donors (Lipinski definition) is 0. The van der Waals surface area contributed by atoms with E-state index in [0.29, 0.717) is 6.04 Å². The van der Waals surface area contributed by atoms with Crippen LogP contribution in [0.15, 0.2) is 47.2 Å². The van der Waals surface area contributed by atoms with Gasteiger partial charge in [0.15, 0.2) is 0 Å². The fourth-order valence-corrected chi connectivity index (χ4v) is 3.36. The van der Waals surface area contributed by atoms with Crippen LogP contribution < -0.4 is 4.90 Å². The summed E-state index contributed by atoms with van der Waals surface area (Å²) in [6.45, 7) is 5.37. The first-order chi connectivity index (χ1) is 10.6. The molecule has 22 heavy (non-hydrogen) atoms. The van der Waals surface area contributed by atoms with Crippen LogP contribution in [0.4, 0.5) is 5.69 Å². The highest BCUT2D eigenvalue weighted by molar-refractivity contribution is 9.10. The Kier molecular flexibility index (Phi) is 4.79. The van der Waals surface area contributed by atoms with Crippen molar-refractivity contribution in [2.75, 3.05) is 25.0 Å². The first-order valence-corrected chi connectivity index (χ1v) is 8.53. The summed E-state index contributed by atoms with van der Waals surface area (Å²) in [5, 5.41) is 0. The molecule has 0 spiro atoms. The summed E-state index contributed by atoms with van der Waals surface area (Å²) in [6.07, 6.45) is 4.96. The van der Waals surface area contributed by atoms with Crippen molar-refractivity contribution in [1.29, 1.82) is 0 Å². The molecule has 1 unspecified atom stereocenters. The molecule has 116 valence electrons. The minimum atomic E-state index is 0.608. The van der Waals surface area contributed by atoms with E-state index in [4.69, 9.17) is 0 Å². The molecule has 3 rings (SSSR count). The highest BCUT2D eigenvalue weighted by Gasteiger charge is 2.25. The number of likely N-dealkylation sites (N-methyl/N-ethyl adjacent to an activating group) is 1. The van der Waals surface area contributed by atoms with Crippen LogP contribution in [0.3, 0.4) is 0 Å². The fourth-order valence-electron chi connectivity index (χ4n) is 3.11. The van der Waals surface area contributed by atoms with Crippen molar-refractivity contribution in [2.45, 2.75) is 25.9 Å². The van der Waals surface area contributed by atoms with Crippen molar-refractivity contribution in [3.63, 3.8) is 0 Å². The van der Waals surface area contributed by atoms with Gasteiger partial charge in [0, 0.05) is 48.2 Å². The molecule has 1 aliphatic heterocycles. The minimum absolute atomic E-state index is 0.608. The quantitative estimate of drug-likeness (QED) is 0.825. The molecule has 0 aliphatic carbocycles. The molecule has 0 N–H and O–H groups in total. The number of anilines is 1. The van der Waals surface area contributed by atoms with E-state index in [2.05, 4.69) is 75.0 Å². The topological polar surface area (TPSA) is 19.4 Å². The number of rotatable bonds is 4. The summed E-state index contributed by atoms with van der Waals surface area (Å²) >= 11 is 3.57. The zero-order valence-corrected chi connectivity index (χ0v) is 14.8. The summed E-state index contributed by atoms with van der Waals surface area (Å²) < 4.78 is 1.18. The third-order valence-electron chi connectivity index (χ3n) is 4.47. The van der Waals surface area contributed by atoms with Gasteiger partial charge in [-0.2, -0.15) is 0 Å². The molecule has 0 bridgehead atoms. The summed E-state index contributed by atoms with van der Waals surface area (Å²) in [4.78, 5) is 9.03. The second-order valence-corrected chi connectivity index (χ2v) is 6.95. The van der Waals surface area contributed by atoms with Gasteiger partial charge in [0.05, 0.1) is 0 Å². The van der Waals surface area contributed by atoms with Gasteiger partial charge in [-0.25, -0.2) is 0 Å². The molecule has 1 aliphatic rings. The molecular weight excluding hydrogens is 338 g/mol. The Morgan fingerprint density at radius 3 is 2.77 bits per heavy atom. The standard InChI is InChI=1S/C18H22BrN3/c1-14-11-15(3-4-18(14)19)12-21(2)17-7-10-22(13-17)16-5-8-20-9-6-16/h3-6,8-9,11,17H,7,10,12-13H2,1-2H3. The van der Waals surface area contributed by atoms with Crippen LogP contribution in [0, 0.1) is 6.92 Å². The zero-order valence-electron chi connectivity index (χ0n) is 13.2. The van der Waals surface area contributed by atoms with Crippen molar-refractivity contribution < 1.29 is 0 Å². The van der Waals surface area contributed by atoms with Gasteiger partial charge in [-0.15, -0.1) is 0 Å².